The van der Waals surface area contributed by atoms with Gasteiger partial charge in [-0.05, 0) is 36.8 Å². The number of nitrogens with zero attached hydrogens (tertiary/aromatic N) is 2. The molecule has 18 heavy (non-hydrogen) atoms. The number of aryl methyl sites for hydroxylation is 1. The molecule has 4 heteroatoms. The van der Waals surface area contributed by atoms with Crippen molar-refractivity contribution in [3.63, 3.8) is 0 Å². The number of benzene rings is 1. The van der Waals surface area contributed by atoms with Crippen molar-refractivity contribution >= 4 is 22.9 Å². The molecule has 1 aromatic heterocycles. The van der Waals surface area contributed by atoms with Gasteiger partial charge in [-0.25, -0.2) is 4.98 Å². The van der Waals surface area contributed by atoms with Gasteiger partial charge in [0.2, 0.25) is 0 Å². The molecular weight excluding hydrogens is 224 g/mol. The van der Waals surface area contributed by atoms with Gasteiger partial charge in [-0.1, -0.05) is 6.07 Å². The van der Waals surface area contributed by atoms with Gasteiger partial charge in [-0.2, -0.15) is 0 Å². The van der Waals surface area contributed by atoms with E-state index in [0.717, 1.165) is 11.5 Å². The Bertz CT molecular complexity index is 532. The van der Waals surface area contributed by atoms with Gasteiger partial charge in [0.15, 0.2) is 0 Å². The highest BCUT2D eigenvalue weighted by Crippen LogP contribution is 2.24. The van der Waals surface area contributed by atoms with Crippen molar-refractivity contribution in [3.05, 3.63) is 42.1 Å². The Labute approximate surface area is 107 Å². The number of nitrogen functional groups attached to an aromatic ring is 1. The van der Waals surface area contributed by atoms with E-state index in [2.05, 4.69) is 34.3 Å². The van der Waals surface area contributed by atoms with Gasteiger partial charge in [0, 0.05) is 25.5 Å². The molecule has 3 N–H and O–H groups in total. The molecule has 0 amide bonds. The molecule has 0 unspecified atom stereocenters. The Hall–Kier alpha value is -2.23. The third-order valence-electron chi connectivity index (χ3n) is 2.75. The highest BCUT2D eigenvalue weighted by molar-refractivity contribution is 5.66. The summed E-state index contributed by atoms with van der Waals surface area (Å²) in [6, 6.07) is 9.93. The van der Waals surface area contributed by atoms with Gasteiger partial charge < -0.3 is 16.0 Å². The number of hydrogen-bond donors (Lipinski definition) is 2. The number of pyridine rings is 1. The summed E-state index contributed by atoms with van der Waals surface area (Å²) >= 11 is 0. The van der Waals surface area contributed by atoms with Crippen LogP contribution in [0.25, 0.3) is 0 Å². The molecule has 94 valence electrons. The smallest absolute Gasteiger partial charge is 0.130 e. The van der Waals surface area contributed by atoms with Crippen molar-refractivity contribution in [1.82, 2.24) is 4.98 Å². The fourth-order valence-electron chi connectivity index (χ4n) is 1.80. The molecule has 2 rings (SSSR count). The van der Waals surface area contributed by atoms with Crippen LogP contribution in [0.2, 0.25) is 0 Å². The minimum atomic E-state index is 0.665. The van der Waals surface area contributed by atoms with Gasteiger partial charge >= 0.3 is 0 Å². The quantitative estimate of drug-likeness (QED) is 0.869. The van der Waals surface area contributed by atoms with Crippen LogP contribution in [-0.4, -0.2) is 19.1 Å². The SMILES string of the molecule is Cc1ccc(Nc2ccc(N)cn2)cc1N(C)C. The Morgan fingerprint density at radius 1 is 1.17 bits per heavy atom. The monoisotopic (exact) mass is 242 g/mol. The number of hydrogen-bond acceptors (Lipinski definition) is 4. The summed E-state index contributed by atoms with van der Waals surface area (Å²) in [6.07, 6.45) is 1.64. The van der Waals surface area contributed by atoms with E-state index in [1.807, 2.05) is 32.3 Å². The first-order valence-corrected chi connectivity index (χ1v) is 5.83. The lowest BCUT2D eigenvalue weighted by molar-refractivity contribution is 1.11. The summed E-state index contributed by atoms with van der Waals surface area (Å²) in [5, 5.41) is 3.26. The maximum absolute atomic E-state index is 5.61. The standard InChI is InChI=1S/C14H18N4/c1-10-4-6-12(8-13(10)18(2)3)17-14-7-5-11(15)9-16-14/h4-9H,15H2,1-3H3,(H,16,17). The summed E-state index contributed by atoms with van der Waals surface area (Å²) in [4.78, 5) is 6.31. The number of rotatable bonds is 3. The summed E-state index contributed by atoms with van der Waals surface area (Å²) in [6.45, 7) is 2.10. The van der Waals surface area contributed by atoms with Crippen LogP contribution in [0, 0.1) is 6.92 Å². The molecule has 0 bridgehead atoms. The average molecular weight is 242 g/mol. The van der Waals surface area contributed by atoms with Crippen LogP contribution in [0.4, 0.5) is 22.9 Å². The van der Waals surface area contributed by atoms with Crippen molar-refractivity contribution in [2.45, 2.75) is 6.92 Å². The van der Waals surface area contributed by atoms with Gasteiger partial charge in [0.05, 0.1) is 11.9 Å². The number of anilines is 4. The predicted octanol–water partition coefficient (Wildman–Crippen LogP) is 2.78. The topological polar surface area (TPSA) is 54.2 Å². The molecule has 4 nitrogen and oxygen atoms in total. The van der Waals surface area contributed by atoms with Crippen molar-refractivity contribution in [1.29, 1.82) is 0 Å². The third-order valence-corrected chi connectivity index (χ3v) is 2.75. The fourth-order valence-corrected chi connectivity index (χ4v) is 1.80. The molecule has 0 saturated carbocycles. The van der Waals surface area contributed by atoms with E-state index in [0.29, 0.717) is 5.69 Å². The number of nitrogens with one attached hydrogen (secondary N) is 1. The Kier molecular flexibility index (Phi) is 3.37. The molecule has 0 atom stereocenters. The lowest BCUT2D eigenvalue weighted by atomic mass is 10.1. The molecule has 0 saturated heterocycles. The fraction of sp³-hybridized carbons (Fsp3) is 0.214. The Morgan fingerprint density at radius 3 is 2.56 bits per heavy atom. The molecular formula is C14H18N4. The van der Waals surface area contributed by atoms with E-state index < -0.39 is 0 Å². The number of aromatic nitrogens is 1. The van der Waals surface area contributed by atoms with E-state index >= 15 is 0 Å². The summed E-state index contributed by atoms with van der Waals surface area (Å²) in [7, 11) is 4.07. The van der Waals surface area contributed by atoms with Gasteiger partial charge in [-0.3, -0.25) is 0 Å². The predicted molar refractivity (Wildman–Crippen MR) is 77.4 cm³/mol. The largest absolute Gasteiger partial charge is 0.397 e. The molecule has 1 heterocycles. The molecule has 0 aliphatic heterocycles. The van der Waals surface area contributed by atoms with Crippen molar-refractivity contribution in [2.24, 2.45) is 0 Å². The zero-order valence-corrected chi connectivity index (χ0v) is 10.9. The lowest BCUT2D eigenvalue weighted by Gasteiger charge is -2.17. The normalized spacial score (nSPS) is 10.2. The first-order chi connectivity index (χ1) is 8.56. The summed E-state index contributed by atoms with van der Waals surface area (Å²) < 4.78 is 0. The molecule has 0 aliphatic rings. The van der Waals surface area contributed by atoms with Crippen molar-refractivity contribution < 1.29 is 0 Å². The summed E-state index contributed by atoms with van der Waals surface area (Å²) in [5.74, 6) is 0.790. The first kappa shape index (κ1) is 12.2. The van der Waals surface area contributed by atoms with Crippen LogP contribution in [0.5, 0.6) is 0 Å². The molecule has 2 aromatic rings. The molecule has 0 aliphatic carbocycles. The van der Waals surface area contributed by atoms with Gasteiger partial charge in [0.1, 0.15) is 5.82 Å². The van der Waals surface area contributed by atoms with Crippen LogP contribution in [0.1, 0.15) is 5.56 Å². The average Bonchev–Trinajstić information content (AvgIpc) is 2.34. The zero-order valence-electron chi connectivity index (χ0n) is 10.9. The minimum Gasteiger partial charge on any atom is -0.397 e. The van der Waals surface area contributed by atoms with E-state index in [9.17, 15) is 0 Å². The Morgan fingerprint density at radius 2 is 1.94 bits per heavy atom. The first-order valence-electron chi connectivity index (χ1n) is 5.83. The van der Waals surface area contributed by atoms with E-state index in [4.69, 9.17) is 5.73 Å². The van der Waals surface area contributed by atoms with Crippen LogP contribution in [-0.2, 0) is 0 Å². The second kappa shape index (κ2) is 4.96. The van der Waals surface area contributed by atoms with E-state index in [-0.39, 0.29) is 0 Å². The summed E-state index contributed by atoms with van der Waals surface area (Å²) in [5.41, 5.74) is 9.72. The zero-order chi connectivity index (χ0) is 13.1. The molecule has 1 aromatic carbocycles. The second-order valence-corrected chi connectivity index (χ2v) is 4.50. The van der Waals surface area contributed by atoms with Gasteiger partial charge in [0.25, 0.3) is 0 Å². The maximum atomic E-state index is 5.61. The van der Waals surface area contributed by atoms with Crippen LogP contribution < -0.4 is 16.0 Å². The molecule has 0 spiro atoms. The highest BCUT2D eigenvalue weighted by Gasteiger charge is 2.03. The maximum Gasteiger partial charge on any atom is 0.130 e. The van der Waals surface area contributed by atoms with E-state index in [1.54, 1.807) is 6.20 Å². The van der Waals surface area contributed by atoms with Crippen LogP contribution >= 0.6 is 0 Å². The Balaban J connectivity index is 2.24. The van der Waals surface area contributed by atoms with Crippen molar-refractivity contribution in [2.75, 3.05) is 30.0 Å². The van der Waals surface area contributed by atoms with Crippen LogP contribution in [0.15, 0.2) is 36.5 Å². The van der Waals surface area contributed by atoms with Gasteiger partial charge in [-0.15, -0.1) is 0 Å². The van der Waals surface area contributed by atoms with E-state index in [1.165, 1.54) is 11.3 Å². The number of nitrogens with two attached hydrogens (primary N) is 1. The van der Waals surface area contributed by atoms with Crippen LogP contribution in [0.3, 0.4) is 0 Å². The molecule has 0 radical (unpaired) electrons. The molecule has 0 fully saturated rings. The minimum absolute atomic E-state index is 0.665. The second-order valence-electron chi connectivity index (χ2n) is 4.50. The van der Waals surface area contributed by atoms with Crippen molar-refractivity contribution in [3.8, 4) is 0 Å². The highest BCUT2D eigenvalue weighted by atomic mass is 15.1. The third kappa shape index (κ3) is 2.71. The lowest BCUT2D eigenvalue weighted by Crippen LogP contribution is -2.10.